The Morgan fingerprint density at radius 2 is 2.07 bits per heavy atom. The topological polar surface area (TPSA) is 67.5 Å². The highest BCUT2D eigenvalue weighted by atomic mass is 16.1. The Balaban J connectivity index is 2.22. The van der Waals surface area contributed by atoms with Crippen molar-refractivity contribution >= 4 is 11.9 Å². The molecule has 1 amide bonds. The molecular weight excluding hydrogens is 178 g/mol. The molecule has 0 aliphatic carbocycles. The summed E-state index contributed by atoms with van der Waals surface area (Å²) in [5, 5.41) is 2.97. The molecule has 0 spiro atoms. The molecule has 1 atom stereocenters. The number of benzene rings is 1. The molecule has 0 bridgehead atoms. The van der Waals surface area contributed by atoms with Crippen LogP contribution in [-0.2, 0) is 4.79 Å². The first kappa shape index (κ1) is 8.74. The minimum Gasteiger partial charge on any atom is -0.370 e. The van der Waals surface area contributed by atoms with E-state index >= 15 is 0 Å². The van der Waals surface area contributed by atoms with E-state index in [-0.39, 0.29) is 17.9 Å². The first-order valence-electron chi connectivity index (χ1n) is 4.44. The summed E-state index contributed by atoms with van der Waals surface area (Å²) in [5.41, 5.74) is 6.53. The third kappa shape index (κ3) is 1.74. The molecule has 0 saturated carbocycles. The highest BCUT2D eigenvalue weighted by molar-refractivity contribution is 5.95. The zero-order valence-electron chi connectivity index (χ0n) is 7.60. The number of rotatable bonds is 1. The molecule has 72 valence electrons. The van der Waals surface area contributed by atoms with Crippen LogP contribution in [0.15, 0.2) is 35.3 Å². The van der Waals surface area contributed by atoms with E-state index in [1.165, 1.54) is 0 Å². The molecule has 1 unspecified atom stereocenters. The lowest BCUT2D eigenvalue weighted by molar-refractivity contribution is -0.118. The van der Waals surface area contributed by atoms with Gasteiger partial charge in [0.25, 0.3) is 5.91 Å². The molecule has 0 saturated heterocycles. The minimum absolute atomic E-state index is 0.0406. The summed E-state index contributed by atoms with van der Waals surface area (Å²) in [4.78, 5) is 14.8. The average molecular weight is 189 g/mol. The Hall–Kier alpha value is -1.84. The van der Waals surface area contributed by atoms with Crippen LogP contribution in [0.25, 0.3) is 0 Å². The lowest BCUT2D eigenvalue weighted by Crippen LogP contribution is -2.40. The average Bonchev–Trinajstić information content (AvgIpc) is 2.18. The largest absolute Gasteiger partial charge is 0.370 e. The maximum Gasteiger partial charge on any atom is 0.251 e. The fourth-order valence-corrected chi connectivity index (χ4v) is 1.50. The van der Waals surface area contributed by atoms with Gasteiger partial charge in [-0.1, -0.05) is 30.3 Å². The SMILES string of the molecule is NC1=NC(=O)CC(c2ccccc2)N1. The Morgan fingerprint density at radius 3 is 2.71 bits per heavy atom. The number of guanidine groups is 1. The van der Waals surface area contributed by atoms with Crippen LogP contribution in [0.2, 0.25) is 0 Å². The fourth-order valence-electron chi connectivity index (χ4n) is 1.50. The van der Waals surface area contributed by atoms with E-state index in [1.807, 2.05) is 30.3 Å². The van der Waals surface area contributed by atoms with Gasteiger partial charge in [-0.2, -0.15) is 4.99 Å². The van der Waals surface area contributed by atoms with Crippen LogP contribution in [-0.4, -0.2) is 11.9 Å². The molecule has 1 aliphatic heterocycles. The van der Waals surface area contributed by atoms with Gasteiger partial charge in [-0.05, 0) is 5.56 Å². The van der Waals surface area contributed by atoms with Gasteiger partial charge in [0.1, 0.15) is 0 Å². The van der Waals surface area contributed by atoms with Gasteiger partial charge in [-0.25, -0.2) is 0 Å². The minimum atomic E-state index is -0.171. The summed E-state index contributed by atoms with van der Waals surface area (Å²) in [6.07, 6.45) is 0.366. The summed E-state index contributed by atoms with van der Waals surface area (Å²) >= 11 is 0. The highest BCUT2D eigenvalue weighted by Gasteiger charge is 2.20. The first-order valence-corrected chi connectivity index (χ1v) is 4.44. The fraction of sp³-hybridized carbons (Fsp3) is 0.200. The molecular formula is C10H11N3O. The molecule has 1 aromatic rings. The van der Waals surface area contributed by atoms with E-state index in [4.69, 9.17) is 5.73 Å². The molecule has 14 heavy (non-hydrogen) atoms. The third-order valence-electron chi connectivity index (χ3n) is 2.15. The van der Waals surface area contributed by atoms with Crippen molar-refractivity contribution in [1.29, 1.82) is 0 Å². The number of nitrogens with zero attached hydrogens (tertiary/aromatic N) is 1. The van der Waals surface area contributed by atoms with Crippen molar-refractivity contribution in [2.24, 2.45) is 10.7 Å². The Bertz CT molecular complexity index is 372. The van der Waals surface area contributed by atoms with Crippen molar-refractivity contribution in [2.75, 3.05) is 0 Å². The van der Waals surface area contributed by atoms with Crippen molar-refractivity contribution in [3.05, 3.63) is 35.9 Å². The second-order valence-corrected chi connectivity index (χ2v) is 3.20. The van der Waals surface area contributed by atoms with Gasteiger partial charge in [-0.3, -0.25) is 4.79 Å². The molecule has 4 heteroatoms. The number of nitrogens with two attached hydrogens (primary N) is 1. The van der Waals surface area contributed by atoms with Crippen molar-refractivity contribution < 1.29 is 4.79 Å². The highest BCUT2D eigenvalue weighted by Crippen LogP contribution is 2.18. The van der Waals surface area contributed by atoms with Gasteiger partial charge >= 0.3 is 0 Å². The normalized spacial score (nSPS) is 21.3. The monoisotopic (exact) mass is 189 g/mol. The van der Waals surface area contributed by atoms with Gasteiger partial charge in [0.15, 0.2) is 5.96 Å². The van der Waals surface area contributed by atoms with Crippen molar-refractivity contribution in [3.8, 4) is 0 Å². The van der Waals surface area contributed by atoms with E-state index in [0.29, 0.717) is 6.42 Å². The van der Waals surface area contributed by atoms with E-state index < -0.39 is 0 Å². The third-order valence-corrected chi connectivity index (χ3v) is 2.15. The van der Waals surface area contributed by atoms with Crippen molar-refractivity contribution in [1.82, 2.24) is 5.32 Å². The van der Waals surface area contributed by atoms with Crippen LogP contribution in [0.1, 0.15) is 18.0 Å². The van der Waals surface area contributed by atoms with Crippen LogP contribution < -0.4 is 11.1 Å². The van der Waals surface area contributed by atoms with Crippen molar-refractivity contribution in [2.45, 2.75) is 12.5 Å². The van der Waals surface area contributed by atoms with E-state index in [9.17, 15) is 4.79 Å². The lowest BCUT2D eigenvalue weighted by Gasteiger charge is -2.21. The van der Waals surface area contributed by atoms with Gasteiger partial charge in [0.05, 0.1) is 12.5 Å². The number of amides is 1. The van der Waals surface area contributed by atoms with E-state index in [2.05, 4.69) is 10.3 Å². The predicted octanol–water partition coefficient (Wildman–Crippen LogP) is 0.562. The summed E-state index contributed by atoms with van der Waals surface area (Å²) < 4.78 is 0. The predicted molar refractivity (Wildman–Crippen MR) is 53.6 cm³/mol. The zero-order chi connectivity index (χ0) is 9.97. The van der Waals surface area contributed by atoms with Crippen LogP contribution in [0.5, 0.6) is 0 Å². The summed E-state index contributed by atoms with van der Waals surface area (Å²) in [6.45, 7) is 0. The molecule has 4 nitrogen and oxygen atoms in total. The second kappa shape index (κ2) is 3.49. The number of nitrogens with one attached hydrogen (secondary N) is 1. The van der Waals surface area contributed by atoms with Gasteiger partial charge < -0.3 is 11.1 Å². The molecule has 0 aromatic heterocycles. The maximum absolute atomic E-state index is 11.1. The van der Waals surface area contributed by atoms with Crippen LogP contribution in [0, 0.1) is 0 Å². The summed E-state index contributed by atoms with van der Waals surface area (Å²) in [5.74, 6) is 0.0326. The van der Waals surface area contributed by atoms with E-state index in [1.54, 1.807) is 0 Å². The Morgan fingerprint density at radius 1 is 1.36 bits per heavy atom. The molecule has 2 rings (SSSR count). The zero-order valence-corrected chi connectivity index (χ0v) is 7.60. The number of carbonyl (C=O) groups excluding carboxylic acids is 1. The molecule has 1 aromatic carbocycles. The smallest absolute Gasteiger partial charge is 0.251 e. The van der Waals surface area contributed by atoms with Crippen LogP contribution >= 0.6 is 0 Å². The number of carbonyl (C=O) groups is 1. The maximum atomic E-state index is 11.1. The van der Waals surface area contributed by atoms with Crippen molar-refractivity contribution in [3.63, 3.8) is 0 Å². The standard InChI is InChI=1S/C10H11N3O/c11-10-12-8(6-9(14)13-10)7-4-2-1-3-5-7/h1-5,8H,6H2,(H3,11,12,13,14). The molecule has 1 heterocycles. The molecule has 3 N–H and O–H groups in total. The summed E-state index contributed by atoms with van der Waals surface area (Å²) in [7, 11) is 0. The first-order chi connectivity index (χ1) is 6.75. The lowest BCUT2D eigenvalue weighted by atomic mass is 10.0. The van der Waals surface area contributed by atoms with Gasteiger partial charge in [0, 0.05) is 0 Å². The number of hydrogen-bond acceptors (Lipinski definition) is 3. The van der Waals surface area contributed by atoms with Gasteiger partial charge in [0.2, 0.25) is 0 Å². The van der Waals surface area contributed by atoms with Crippen LogP contribution in [0.3, 0.4) is 0 Å². The number of hydrogen-bond donors (Lipinski definition) is 2. The second-order valence-electron chi connectivity index (χ2n) is 3.20. The Labute approximate surface area is 81.8 Å². The van der Waals surface area contributed by atoms with Crippen LogP contribution in [0.4, 0.5) is 0 Å². The van der Waals surface area contributed by atoms with E-state index in [0.717, 1.165) is 5.56 Å². The molecule has 0 radical (unpaired) electrons. The quantitative estimate of drug-likeness (QED) is 0.678. The summed E-state index contributed by atoms with van der Waals surface area (Å²) in [6, 6.07) is 9.69. The Kier molecular flexibility index (Phi) is 2.18. The molecule has 1 aliphatic rings. The molecule has 0 fully saturated rings. The number of aliphatic imine (C=N–C) groups is 1. The van der Waals surface area contributed by atoms with Gasteiger partial charge in [-0.15, -0.1) is 0 Å².